The van der Waals surface area contributed by atoms with Gasteiger partial charge in [0.15, 0.2) is 0 Å². The van der Waals surface area contributed by atoms with Crippen molar-refractivity contribution in [1.82, 2.24) is 10.2 Å². The predicted octanol–water partition coefficient (Wildman–Crippen LogP) is 1.37. The number of benzene rings is 1. The van der Waals surface area contributed by atoms with E-state index in [1.807, 2.05) is 0 Å². The molecule has 1 aromatic carbocycles. The van der Waals surface area contributed by atoms with Crippen LogP contribution in [0.15, 0.2) is 18.2 Å². The van der Waals surface area contributed by atoms with Gasteiger partial charge in [0.25, 0.3) is 0 Å². The third kappa shape index (κ3) is 4.01. The molecule has 0 spiro atoms. The van der Waals surface area contributed by atoms with Gasteiger partial charge in [-0.2, -0.15) is 0 Å². The van der Waals surface area contributed by atoms with Gasteiger partial charge in [0.05, 0.1) is 6.54 Å². The summed E-state index contributed by atoms with van der Waals surface area (Å²) in [5, 5.41) is 6.07. The van der Waals surface area contributed by atoms with Crippen molar-refractivity contribution in [3.05, 3.63) is 29.6 Å². The second-order valence-electron chi connectivity index (χ2n) is 4.84. The van der Waals surface area contributed by atoms with Crippen LogP contribution in [-0.2, 0) is 4.79 Å². The van der Waals surface area contributed by atoms with Crippen molar-refractivity contribution in [1.29, 1.82) is 0 Å². The molecule has 1 amide bonds. The van der Waals surface area contributed by atoms with Crippen molar-refractivity contribution in [2.24, 2.45) is 0 Å². The number of carbonyl (C=O) groups is 1. The molecule has 1 saturated heterocycles. The van der Waals surface area contributed by atoms with Crippen molar-refractivity contribution < 1.29 is 9.18 Å². The van der Waals surface area contributed by atoms with Crippen molar-refractivity contribution in [2.75, 3.05) is 38.0 Å². The summed E-state index contributed by atoms with van der Waals surface area (Å²) in [6, 6.07) is 4.72. The molecule has 1 fully saturated rings. The van der Waals surface area contributed by atoms with Gasteiger partial charge in [-0.1, -0.05) is 6.07 Å². The van der Waals surface area contributed by atoms with Crippen molar-refractivity contribution >= 4 is 11.6 Å². The van der Waals surface area contributed by atoms with E-state index in [9.17, 15) is 9.18 Å². The summed E-state index contributed by atoms with van der Waals surface area (Å²) in [5.74, 6) is -0.382. The van der Waals surface area contributed by atoms with Crippen LogP contribution in [0.3, 0.4) is 0 Å². The summed E-state index contributed by atoms with van der Waals surface area (Å²) in [7, 11) is 0. The Morgan fingerprint density at radius 2 is 2.26 bits per heavy atom. The van der Waals surface area contributed by atoms with E-state index in [0.29, 0.717) is 17.8 Å². The van der Waals surface area contributed by atoms with Crippen LogP contribution in [-0.4, -0.2) is 43.5 Å². The Morgan fingerprint density at radius 1 is 1.42 bits per heavy atom. The molecule has 2 rings (SSSR count). The van der Waals surface area contributed by atoms with E-state index in [2.05, 4.69) is 15.5 Å². The van der Waals surface area contributed by atoms with Gasteiger partial charge in [-0.3, -0.25) is 9.69 Å². The van der Waals surface area contributed by atoms with Crippen molar-refractivity contribution in [2.45, 2.75) is 13.3 Å². The molecule has 0 unspecified atom stereocenters. The normalized spacial score (nSPS) is 16.9. The van der Waals surface area contributed by atoms with E-state index in [4.69, 9.17) is 0 Å². The van der Waals surface area contributed by atoms with E-state index in [-0.39, 0.29) is 11.7 Å². The van der Waals surface area contributed by atoms with E-state index in [1.54, 1.807) is 19.1 Å². The summed E-state index contributed by atoms with van der Waals surface area (Å²) in [5.41, 5.74) is 1.03. The second kappa shape index (κ2) is 6.63. The minimum Gasteiger partial charge on any atom is -0.325 e. The van der Waals surface area contributed by atoms with E-state index < -0.39 is 0 Å². The maximum atomic E-state index is 13.4. The lowest BCUT2D eigenvalue weighted by Gasteiger charge is -2.19. The second-order valence-corrected chi connectivity index (χ2v) is 4.84. The first-order valence-corrected chi connectivity index (χ1v) is 6.65. The maximum absolute atomic E-state index is 13.4. The molecular weight excluding hydrogens is 245 g/mol. The van der Waals surface area contributed by atoms with Gasteiger partial charge in [-0.25, -0.2) is 4.39 Å². The molecule has 0 aromatic heterocycles. The average Bonchev–Trinajstić information content (AvgIpc) is 2.63. The van der Waals surface area contributed by atoms with E-state index in [1.165, 1.54) is 6.07 Å². The lowest BCUT2D eigenvalue weighted by Crippen LogP contribution is -2.35. The SMILES string of the molecule is Cc1c(F)cccc1NC(=O)CN1CCCNCC1. The molecule has 2 N–H and O–H groups in total. The van der Waals surface area contributed by atoms with Crippen LogP contribution < -0.4 is 10.6 Å². The molecular formula is C14H20FN3O. The highest BCUT2D eigenvalue weighted by Crippen LogP contribution is 2.17. The maximum Gasteiger partial charge on any atom is 0.238 e. The van der Waals surface area contributed by atoms with Crippen LogP contribution in [0.25, 0.3) is 0 Å². The number of anilines is 1. The minimum absolute atomic E-state index is 0.0874. The first-order valence-electron chi connectivity index (χ1n) is 6.65. The highest BCUT2D eigenvalue weighted by Gasteiger charge is 2.13. The monoisotopic (exact) mass is 265 g/mol. The number of hydrogen-bond donors (Lipinski definition) is 2. The number of hydrogen-bond acceptors (Lipinski definition) is 3. The lowest BCUT2D eigenvalue weighted by molar-refractivity contribution is -0.117. The summed E-state index contributed by atoms with van der Waals surface area (Å²) >= 11 is 0. The van der Waals surface area contributed by atoms with Crippen LogP contribution in [0.2, 0.25) is 0 Å². The van der Waals surface area contributed by atoms with Gasteiger partial charge in [0.1, 0.15) is 5.82 Å². The van der Waals surface area contributed by atoms with Crippen molar-refractivity contribution in [3.8, 4) is 0 Å². The van der Waals surface area contributed by atoms with Gasteiger partial charge in [-0.15, -0.1) is 0 Å². The Labute approximate surface area is 113 Å². The molecule has 0 aliphatic carbocycles. The van der Waals surface area contributed by atoms with Crippen LogP contribution >= 0.6 is 0 Å². The smallest absolute Gasteiger partial charge is 0.238 e. The number of carbonyl (C=O) groups excluding carboxylic acids is 1. The molecule has 0 atom stereocenters. The van der Waals surface area contributed by atoms with Crippen LogP contribution in [0.5, 0.6) is 0 Å². The summed E-state index contributed by atoms with van der Waals surface area (Å²) in [4.78, 5) is 14.1. The zero-order valence-electron chi connectivity index (χ0n) is 11.2. The van der Waals surface area contributed by atoms with Gasteiger partial charge in [0.2, 0.25) is 5.91 Å². The Bertz CT molecular complexity index is 442. The highest BCUT2D eigenvalue weighted by atomic mass is 19.1. The van der Waals surface area contributed by atoms with E-state index >= 15 is 0 Å². The fraction of sp³-hybridized carbons (Fsp3) is 0.500. The molecule has 1 aromatic rings. The van der Waals surface area contributed by atoms with Crippen LogP contribution in [0, 0.1) is 12.7 Å². The predicted molar refractivity (Wildman–Crippen MR) is 73.7 cm³/mol. The van der Waals surface area contributed by atoms with E-state index in [0.717, 1.165) is 32.6 Å². The molecule has 1 aliphatic rings. The molecule has 104 valence electrons. The Morgan fingerprint density at radius 3 is 3.11 bits per heavy atom. The fourth-order valence-corrected chi connectivity index (χ4v) is 2.20. The molecule has 0 bridgehead atoms. The number of rotatable bonds is 3. The van der Waals surface area contributed by atoms with Gasteiger partial charge < -0.3 is 10.6 Å². The lowest BCUT2D eigenvalue weighted by atomic mass is 10.2. The molecule has 5 heteroatoms. The third-order valence-electron chi connectivity index (χ3n) is 3.34. The number of nitrogens with one attached hydrogen (secondary N) is 2. The summed E-state index contributed by atoms with van der Waals surface area (Å²) in [6.45, 7) is 5.73. The molecule has 1 heterocycles. The zero-order valence-corrected chi connectivity index (χ0v) is 11.2. The molecule has 19 heavy (non-hydrogen) atoms. The quantitative estimate of drug-likeness (QED) is 0.867. The minimum atomic E-state index is -0.295. The van der Waals surface area contributed by atoms with Gasteiger partial charge in [-0.05, 0) is 38.6 Å². The average molecular weight is 265 g/mol. The number of halogens is 1. The first kappa shape index (κ1) is 14.0. The zero-order chi connectivity index (χ0) is 13.7. The first-order chi connectivity index (χ1) is 9.16. The molecule has 1 aliphatic heterocycles. The van der Waals surface area contributed by atoms with Crippen molar-refractivity contribution in [3.63, 3.8) is 0 Å². The third-order valence-corrected chi connectivity index (χ3v) is 3.34. The standard InChI is InChI=1S/C14H20FN3O/c1-11-12(15)4-2-5-13(11)17-14(19)10-18-8-3-6-16-7-9-18/h2,4-5,16H,3,6-10H2,1H3,(H,17,19). The molecule has 0 radical (unpaired) electrons. The summed E-state index contributed by atoms with van der Waals surface area (Å²) < 4.78 is 13.4. The highest BCUT2D eigenvalue weighted by molar-refractivity contribution is 5.92. The topological polar surface area (TPSA) is 44.4 Å². The molecule has 4 nitrogen and oxygen atoms in total. The Balaban J connectivity index is 1.91. The Hall–Kier alpha value is -1.46. The van der Waals surface area contributed by atoms with Crippen LogP contribution in [0.1, 0.15) is 12.0 Å². The fourth-order valence-electron chi connectivity index (χ4n) is 2.20. The number of amides is 1. The largest absolute Gasteiger partial charge is 0.325 e. The van der Waals surface area contributed by atoms with Crippen LogP contribution in [0.4, 0.5) is 10.1 Å². The van der Waals surface area contributed by atoms with Gasteiger partial charge >= 0.3 is 0 Å². The molecule has 0 saturated carbocycles. The summed E-state index contributed by atoms with van der Waals surface area (Å²) in [6.07, 6.45) is 1.05. The Kier molecular flexibility index (Phi) is 4.87. The number of nitrogens with zero attached hydrogens (tertiary/aromatic N) is 1. The van der Waals surface area contributed by atoms with Gasteiger partial charge in [0, 0.05) is 24.3 Å².